The van der Waals surface area contributed by atoms with E-state index in [9.17, 15) is 27.6 Å². The van der Waals surface area contributed by atoms with Crippen LogP contribution in [0.3, 0.4) is 0 Å². The van der Waals surface area contributed by atoms with Crippen LogP contribution >= 0.6 is 0 Å². The van der Waals surface area contributed by atoms with E-state index >= 15 is 0 Å². The quantitative estimate of drug-likeness (QED) is 0.372. The van der Waals surface area contributed by atoms with Gasteiger partial charge in [0.2, 0.25) is 27.7 Å². The van der Waals surface area contributed by atoms with Crippen LogP contribution in [0.2, 0.25) is 0 Å². The van der Waals surface area contributed by atoms with Crippen LogP contribution in [0.4, 0.5) is 4.79 Å². The summed E-state index contributed by atoms with van der Waals surface area (Å²) in [7, 11) is -3.99. The number of benzene rings is 1. The minimum Gasteiger partial charge on any atom is -0.471 e. The average molecular weight is 779 g/mol. The smallest absolute Gasteiger partial charge is 0.407 e. The number of para-hydroxylation sites is 2. The van der Waals surface area contributed by atoms with Gasteiger partial charge >= 0.3 is 6.09 Å². The van der Waals surface area contributed by atoms with E-state index in [0.29, 0.717) is 62.0 Å². The van der Waals surface area contributed by atoms with Crippen LogP contribution in [0, 0.1) is 11.8 Å². The van der Waals surface area contributed by atoms with Crippen molar-refractivity contribution in [3.63, 3.8) is 0 Å². The molecule has 3 fully saturated rings. The lowest BCUT2D eigenvalue weighted by atomic mass is 9.65. The fourth-order valence-electron chi connectivity index (χ4n) is 8.20. The lowest BCUT2D eigenvalue weighted by molar-refractivity contribution is -0.144. The Morgan fingerprint density at radius 2 is 1.71 bits per heavy atom. The van der Waals surface area contributed by atoms with E-state index in [-0.39, 0.29) is 31.9 Å². The highest BCUT2D eigenvalue weighted by atomic mass is 32.2. The highest BCUT2D eigenvalue weighted by molar-refractivity contribution is 7.91. The predicted molar refractivity (Wildman–Crippen MR) is 204 cm³/mol. The van der Waals surface area contributed by atoms with Crippen LogP contribution in [0.5, 0.6) is 5.88 Å². The van der Waals surface area contributed by atoms with Crippen LogP contribution in [-0.4, -0.2) is 88.7 Å². The Morgan fingerprint density at radius 3 is 2.45 bits per heavy atom. The predicted octanol–water partition coefficient (Wildman–Crippen LogP) is 4.61. The number of aromatic nitrogens is 2. The molecule has 3 aliphatic heterocycles. The molecule has 2 aromatic rings. The molecule has 3 N–H and O–H groups in total. The number of cyclic esters (lactones) is 1. The molecule has 2 saturated carbocycles. The van der Waals surface area contributed by atoms with Gasteiger partial charge in [0.1, 0.15) is 29.4 Å². The number of ether oxygens (including phenoxy) is 2. The van der Waals surface area contributed by atoms with Gasteiger partial charge in [-0.3, -0.25) is 19.1 Å². The lowest BCUT2D eigenvalue weighted by Gasteiger charge is -2.47. The molecule has 298 valence electrons. The number of nitrogens with one attached hydrogen (secondary N) is 3. The number of carbonyl (C=O) groups is 4. The van der Waals surface area contributed by atoms with Crippen LogP contribution in [-0.2, 0) is 35.6 Å². The van der Waals surface area contributed by atoms with E-state index in [2.05, 4.69) is 15.4 Å². The van der Waals surface area contributed by atoms with Crippen molar-refractivity contribution in [2.24, 2.45) is 11.8 Å². The van der Waals surface area contributed by atoms with Gasteiger partial charge in [-0.25, -0.2) is 23.2 Å². The molecule has 0 spiro atoms. The first-order valence-electron chi connectivity index (χ1n) is 20.1. The van der Waals surface area contributed by atoms with Gasteiger partial charge in [0.05, 0.1) is 28.9 Å². The van der Waals surface area contributed by atoms with Crippen LogP contribution in [0.25, 0.3) is 11.0 Å². The minimum absolute atomic E-state index is 0.0182. The number of alkyl carbamates (subject to hydrolysis) is 1. The molecular weight excluding hydrogens is 725 g/mol. The molecule has 4 heterocycles. The molecule has 14 nitrogen and oxygen atoms in total. The second-order valence-corrected chi connectivity index (χ2v) is 18.7. The fraction of sp³-hybridized carbons (Fsp3) is 0.650. The van der Waals surface area contributed by atoms with Crippen molar-refractivity contribution in [3.8, 4) is 5.88 Å². The fourth-order valence-corrected chi connectivity index (χ4v) is 9.51. The first kappa shape index (κ1) is 39.0. The summed E-state index contributed by atoms with van der Waals surface area (Å²) in [6.07, 6.45) is 11.8. The van der Waals surface area contributed by atoms with Gasteiger partial charge < -0.3 is 25.0 Å². The number of hydrogen-bond donors (Lipinski definition) is 3. The summed E-state index contributed by atoms with van der Waals surface area (Å²) in [5.41, 5.74) is 0.581. The van der Waals surface area contributed by atoms with Crippen molar-refractivity contribution in [2.75, 3.05) is 13.2 Å². The van der Waals surface area contributed by atoms with E-state index < -0.39 is 68.2 Å². The normalized spacial score (nSPS) is 30.7. The number of rotatable bonds is 3. The standard InChI is InChI=1S/C40H54N6O8S/c1-26-13-7-6-10-17-31-35(42-30-16-12-11-15-29(30)41-31)54-28-23-33-34(47)44-40(37(49)45-55(51,52)39(2)21-22-39)20-19-27(40)14-8-4-3-5-9-18-32(36(48)46(33)24-28)43-38(50)53-25-26/h8,11-12,14-16,26-28,32-33H,3-7,9-10,13,17-25H2,1-2H3,(H,43,50)(H,44,47)(H,45,49). The maximum absolute atomic E-state index is 14.6. The molecule has 1 saturated heterocycles. The van der Waals surface area contributed by atoms with E-state index in [0.717, 1.165) is 44.0 Å². The van der Waals surface area contributed by atoms with Crippen molar-refractivity contribution in [1.29, 1.82) is 0 Å². The third-order valence-electron chi connectivity index (χ3n) is 12.2. The van der Waals surface area contributed by atoms with Crippen LogP contribution < -0.4 is 20.1 Å². The third-order valence-corrected chi connectivity index (χ3v) is 14.4. The van der Waals surface area contributed by atoms with Crippen molar-refractivity contribution in [3.05, 3.63) is 42.1 Å². The number of aryl methyl sites for hydroxylation is 1. The molecule has 6 atom stereocenters. The summed E-state index contributed by atoms with van der Waals surface area (Å²) < 4.78 is 40.0. The van der Waals surface area contributed by atoms with Crippen molar-refractivity contribution >= 4 is 44.9 Å². The monoisotopic (exact) mass is 778 g/mol. The Balaban J connectivity index is 1.23. The van der Waals surface area contributed by atoms with Gasteiger partial charge in [-0.2, -0.15) is 0 Å². The molecule has 55 heavy (non-hydrogen) atoms. The van der Waals surface area contributed by atoms with E-state index in [1.54, 1.807) is 6.92 Å². The Bertz CT molecular complexity index is 1930. The van der Waals surface area contributed by atoms with Gasteiger partial charge in [0.15, 0.2) is 0 Å². The second kappa shape index (κ2) is 16.1. The topological polar surface area (TPSA) is 186 Å². The summed E-state index contributed by atoms with van der Waals surface area (Å²) in [5, 5.41) is 5.78. The number of allylic oxidation sites excluding steroid dienone is 1. The number of hydrogen-bond acceptors (Lipinski definition) is 10. The van der Waals surface area contributed by atoms with Gasteiger partial charge in [-0.1, -0.05) is 56.9 Å². The molecule has 3 bridgehead atoms. The van der Waals surface area contributed by atoms with Gasteiger partial charge in [0.25, 0.3) is 5.91 Å². The molecule has 5 aliphatic rings. The zero-order valence-electron chi connectivity index (χ0n) is 31.9. The first-order chi connectivity index (χ1) is 26.4. The molecular formula is C40H54N6O8S. The van der Waals surface area contributed by atoms with Crippen molar-refractivity contribution < 1.29 is 37.1 Å². The Labute approximate surface area is 323 Å². The van der Waals surface area contributed by atoms with E-state index in [1.165, 1.54) is 4.90 Å². The number of carbonyl (C=O) groups excluding carboxylic acids is 4. The lowest BCUT2D eigenvalue weighted by Crippen LogP contribution is -2.70. The highest BCUT2D eigenvalue weighted by Gasteiger charge is 2.58. The number of sulfonamides is 1. The SMILES string of the molecule is CC1CCCCCc2nc3ccccc3nc2OC2CC3C(=O)NC4(C(=O)NS(=O)(=O)C5(C)CC5)CCC4C=CCCCCCC(NC(=O)OC1)C(=O)N3C2. The summed E-state index contributed by atoms with van der Waals surface area (Å²) in [5.74, 6) is -1.79. The average Bonchev–Trinajstić information content (AvgIpc) is 3.78. The molecule has 2 aliphatic carbocycles. The Kier molecular flexibility index (Phi) is 11.4. The van der Waals surface area contributed by atoms with Crippen molar-refractivity contribution in [1.82, 2.24) is 30.2 Å². The second-order valence-electron chi connectivity index (χ2n) is 16.5. The summed E-state index contributed by atoms with van der Waals surface area (Å²) in [6.45, 7) is 3.87. The molecule has 1 aromatic carbocycles. The maximum Gasteiger partial charge on any atom is 0.407 e. The molecule has 7 rings (SSSR count). The molecule has 4 amide bonds. The highest BCUT2D eigenvalue weighted by Crippen LogP contribution is 2.45. The summed E-state index contributed by atoms with van der Waals surface area (Å²) in [6, 6.07) is 5.50. The molecule has 6 unspecified atom stereocenters. The number of amides is 4. The van der Waals surface area contributed by atoms with Crippen LogP contribution in [0.15, 0.2) is 36.4 Å². The van der Waals surface area contributed by atoms with Gasteiger partial charge in [-0.15, -0.1) is 0 Å². The molecule has 1 aromatic heterocycles. The summed E-state index contributed by atoms with van der Waals surface area (Å²) >= 11 is 0. The van der Waals surface area contributed by atoms with Crippen molar-refractivity contribution in [2.45, 2.75) is 139 Å². The van der Waals surface area contributed by atoms with E-state index in [1.807, 2.05) is 43.3 Å². The van der Waals surface area contributed by atoms with Gasteiger partial charge in [0, 0.05) is 12.3 Å². The first-order valence-corrected chi connectivity index (χ1v) is 21.6. The summed E-state index contributed by atoms with van der Waals surface area (Å²) in [4.78, 5) is 67.6. The van der Waals surface area contributed by atoms with E-state index in [4.69, 9.17) is 19.4 Å². The zero-order valence-corrected chi connectivity index (χ0v) is 32.7. The maximum atomic E-state index is 14.6. The Hall–Kier alpha value is -4.27. The minimum atomic E-state index is -3.99. The molecule has 15 heteroatoms. The third kappa shape index (κ3) is 8.46. The number of fused-ring (bicyclic) bond motifs is 5. The zero-order chi connectivity index (χ0) is 38.8. The number of nitrogens with zero attached hydrogens (tertiary/aromatic N) is 3. The molecule has 0 radical (unpaired) electrons. The van der Waals surface area contributed by atoms with Gasteiger partial charge in [-0.05, 0) is 89.2 Å². The van der Waals surface area contributed by atoms with Crippen LogP contribution in [0.1, 0.15) is 109 Å². The largest absolute Gasteiger partial charge is 0.471 e. The Morgan fingerprint density at radius 1 is 0.964 bits per heavy atom.